The number of hydrogen-bond donors (Lipinski definition) is 1. The summed E-state index contributed by atoms with van der Waals surface area (Å²) in [5, 5.41) is 3.73. The minimum atomic E-state index is 0.636. The lowest BCUT2D eigenvalue weighted by Crippen LogP contribution is -2.52. The summed E-state index contributed by atoms with van der Waals surface area (Å²) in [6.45, 7) is 18.3. The molecule has 1 atom stereocenters. The highest BCUT2D eigenvalue weighted by molar-refractivity contribution is 4.88. The van der Waals surface area contributed by atoms with E-state index in [0.29, 0.717) is 12.1 Å². The molecule has 1 saturated carbocycles. The van der Waals surface area contributed by atoms with E-state index >= 15 is 0 Å². The molecule has 3 rings (SSSR count). The van der Waals surface area contributed by atoms with Gasteiger partial charge in [-0.3, -0.25) is 9.80 Å². The molecule has 25 heavy (non-hydrogen) atoms. The largest absolute Gasteiger partial charge is 0.312 e. The molecule has 3 aliphatic rings. The summed E-state index contributed by atoms with van der Waals surface area (Å²) in [5.74, 6) is 0.946. The van der Waals surface area contributed by atoms with Gasteiger partial charge in [0, 0.05) is 63.4 Å². The van der Waals surface area contributed by atoms with Crippen LogP contribution in [0, 0.1) is 5.92 Å². The van der Waals surface area contributed by atoms with Crippen molar-refractivity contribution in [1.29, 1.82) is 0 Å². The Kier molecular flexibility index (Phi) is 7.18. The molecular formula is C21H42N4. The zero-order valence-electron chi connectivity index (χ0n) is 17.2. The molecule has 2 saturated heterocycles. The minimum absolute atomic E-state index is 0.636. The van der Waals surface area contributed by atoms with Crippen LogP contribution in [0.3, 0.4) is 0 Å². The summed E-state index contributed by atoms with van der Waals surface area (Å²) in [4.78, 5) is 8.19. The molecular weight excluding hydrogens is 308 g/mol. The van der Waals surface area contributed by atoms with E-state index in [2.05, 4.69) is 47.7 Å². The molecule has 2 aliphatic heterocycles. The first-order valence-electron chi connectivity index (χ1n) is 11.0. The van der Waals surface area contributed by atoms with Crippen LogP contribution >= 0.6 is 0 Å². The second-order valence-corrected chi connectivity index (χ2v) is 9.41. The predicted octanol–water partition coefficient (Wildman–Crippen LogP) is 2.64. The summed E-state index contributed by atoms with van der Waals surface area (Å²) in [6.07, 6.45) is 7.03. The van der Waals surface area contributed by atoms with Gasteiger partial charge in [0.1, 0.15) is 0 Å². The van der Waals surface area contributed by atoms with Gasteiger partial charge in [-0.25, -0.2) is 0 Å². The Bertz CT molecular complexity index is 381. The number of piperazine rings is 1. The van der Waals surface area contributed by atoms with Crippen molar-refractivity contribution >= 4 is 0 Å². The Labute approximate surface area is 156 Å². The molecule has 0 unspecified atom stereocenters. The topological polar surface area (TPSA) is 21.8 Å². The van der Waals surface area contributed by atoms with Crippen LogP contribution in [0.4, 0.5) is 0 Å². The normalized spacial score (nSPS) is 33.6. The van der Waals surface area contributed by atoms with Crippen LogP contribution in [0.1, 0.15) is 59.8 Å². The van der Waals surface area contributed by atoms with Crippen LogP contribution in [-0.4, -0.2) is 84.7 Å². The van der Waals surface area contributed by atoms with Crippen LogP contribution < -0.4 is 5.32 Å². The Balaban J connectivity index is 1.35. The SMILES string of the molecule is CC(C)NC1CCC(CN2CC[C@@H](N3CCN(C(C)C)CC3)C2)CC1. The Morgan fingerprint density at radius 3 is 2.12 bits per heavy atom. The van der Waals surface area contributed by atoms with Crippen molar-refractivity contribution in [2.24, 2.45) is 5.92 Å². The van der Waals surface area contributed by atoms with Gasteiger partial charge >= 0.3 is 0 Å². The Morgan fingerprint density at radius 1 is 0.840 bits per heavy atom. The molecule has 0 aromatic heterocycles. The quantitative estimate of drug-likeness (QED) is 0.795. The van der Waals surface area contributed by atoms with Crippen LogP contribution in [-0.2, 0) is 0 Å². The maximum Gasteiger partial charge on any atom is 0.0236 e. The standard InChI is InChI=1S/C21H42N4/c1-17(2)22-20-7-5-19(6-8-20)15-23-10-9-21(16-23)25-13-11-24(12-14-25)18(3)4/h17-22H,5-16H2,1-4H3/t19?,20?,21-/m1/s1. The number of rotatable bonds is 6. The summed E-state index contributed by atoms with van der Waals surface area (Å²) in [6, 6.07) is 2.95. The first-order chi connectivity index (χ1) is 12.0. The molecule has 0 aromatic rings. The second-order valence-electron chi connectivity index (χ2n) is 9.41. The van der Waals surface area contributed by atoms with E-state index in [4.69, 9.17) is 0 Å². The van der Waals surface area contributed by atoms with Crippen molar-refractivity contribution in [3.63, 3.8) is 0 Å². The van der Waals surface area contributed by atoms with Crippen LogP contribution in [0.2, 0.25) is 0 Å². The molecule has 4 heteroatoms. The zero-order chi connectivity index (χ0) is 17.8. The summed E-state index contributed by atoms with van der Waals surface area (Å²) < 4.78 is 0. The first-order valence-corrected chi connectivity index (χ1v) is 11.0. The average molecular weight is 351 g/mol. The maximum absolute atomic E-state index is 3.73. The van der Waals surface area contributed by atoms with E-state index in [0.717, 1.165) is 18.0 Å². The lowest BCUT2D eigenvalue weighted by Gasteiger charge is -2.40. The van der Waals surface area contributed by atoms with Gasteiger partial charge in [0.2, 0.25) is 0 Å². The van der Waals surface area contributed by atoms with Crippen molar-refractivity contribution in [2.45, 2.75) is 84.0 Å². The molecule has 1 aliphatic carbocycles. The smallest absolute Gasteiger partial charge is 0.0236 e. The average Bonchev–Trinajstić information content (AvgIpc) is 3.05. The highest BCUT2D eigenvalue weighted by Crippen LogP contribution is 2.27. The van der Waals surface area contributed by atoms with E-state index < -0.39 is 0 Å². The zero-order valence-corrected chi connectivity index (χ0v) is 17.2. The number of likely N-dealkylation sites (tertiary alicyclic amines) is 1. The van der Waals surface area contributed by atoms with Gasteiger partial charge in [0.05, 0.1) is 0 Å². The fraction of sp³-hybridized carbons (Fsp3) is 1.00. The van der Waals surface area contributed by atoms with Gasteiger partial charge in [-0.15, -0.1) is 0 Å². The van der Waals surface area contributed by atoms with Crippen LogP contribution in [0.25, 0.3) is 0 Å². The van der Waals surface area contributed by atoms with Gasteiger partial charge in [-0.05, 0) is 58.4 Å². The maximum atomic E-state index is 3.73. The fourth-order valence-corrected chi connectivity index (χ4v) is 5.24. The molecule has 0 radical (unpaired) electrons. The number of nitrogens with zero attached hydrogens (tertiary/aromatic N) is 3. The molecule has 2 heterocycles. The van der Waals surface area contributed by atoms with Gasteiger partial charge in [0.15, 0.2) is 0 Å². The van der Waals surface area contributed by atoms with Gasteiger partial charge in [-0.1, -0.05) is 13.8 Å². The van der Waals surface area contributed by atoms with E-state index in [1.807, 2.05) is 0 Å². The number of nitrogens with one attached hydrogen (secondary N) is 1. The third-order valence-corrected chi connectivity index (χ3v) is 6.78. The predicted molar refractivity (Wildman–Crippen MR) is 107 cm³/mol. The van der Waals surface area contributed by atoms with Crippen molar-refractivity contribution in [2.75, 3.05) is 45.8 Å². The van der Waals surface area contributed by atoms with Crippen molar-refractivity contribution in [3.8, 4) is 0 Å². The summed E-state index contributed by atoms with van der Waals surface area (Å²) >= 11 is 0. The second kappa shape index (κ2) is 9.16. The highest BCUT2D eigenvalue weighted by atomic mass is 15.3. The molecule has 0 aromatic carbocycles. The van der Waals surface area contributed by atoms with Gasteiger partial charge < -0.3 is 10.2 Å². The van der Waals surface area contributed by atoms with Gasteiger partial charge in [0.25, 0.3) is 0 Å². The van der Waals surface area contributed by atoms with E-state index in [1.165, 1.54) is 77.9 Å². The van der Waals surface area contributed by atoms with Gasteiger partial charge in [-0.2, -0.15) is 0 Å². The monoisotopic (exact) mass is 350 g/mol. The highest BCUT2D eigenvalue weighted by Gasteiger charge is 2.32. The molecule has 146 valence electrons. The Morgan fingerprint density at radius 2 is 1.52 bits per heavy atom. The molecule has 4 nitrogen and oxygen atoms in total. The fourth-order valence-electron chi connectivity index (χ4n) is 5.24. The molecule has 1 N–H and O–H groups in total. The van der Waals surface area contributed by atoms with Crippen molar-refractivity contribution in [1.82, 2.24) is 20.0 Å². The van der Waals surface area contributed by atoms with Crippen LogP contribution in [0.15, 0.2) is 0 Å². The summed E-state index contributed by atoms with van der Waals surface area (Å²) in [7, 11) is 0. The molecule has 0 spiro atoms. The Hall–Kier alpha value is -0.160. The number of hydrogen-bond acceptors (Lipinski definition) is 4. The molecule has 3 fully saturated rings. The minimum Gasteiger partial charge on any atom is -0.312 e. The van der Waals surface area contributed by atoms with E-state index in [1.54, 1.807) is 0 Å². The lowest BCUT2D eigenvalue weighted by atomic mass is 9.85. The van der Waals surface area contributed by atoms with E-state index in [9.17, 15) is 0 Å². The van der Waals surface area contributed by atoms with Crippen molar-refractivity contribution < 1.29 is 0 Å². The molecule has 0 bridgehead atoms. The van der Waals surface area contributed by atoms with Crippen molar-refractivity contribution in [3.05, 3.63) is 0 Å². The summed E-state index contributed by atoms with van der Waals surface area (Å²) in [5.41, 5.74) is 0. The molecule has 0 amide bonds. The lowest BCUT2D eigenvalue weighted by molar-refractivity contribution is 0.0787. The third-order valence-electron chi connectivity index (χ3n) is 6.78. The van der Waals surface area contributed by atoms with Crippen LogP contribution in [0.5, 0.6) is 0 Å². The third kappa shape index (κ3) is 5.66. The van der Waals surface area contributed by atoms with E-state index in [-0.39, 0.29) is 0 Å². The first kappa shape index (κ1) is 19.6.